The van der Waals surface area contributed by atoms with Gasteiger partial charge in [-0.05, 0) is 30.9 Å². The Labute approximate surface area is 151 Å². The van der Waals surface area contributed by atoms with Gasteiger partial charge in [-0.15, -0.1) is 10.2 Å². The van der Waals surface area contributed by atoms with Gasteiger partial charge in [-0.2, -0.15) is 4.37 Å². The lowest BCUT2D eigenvalue weighted by Crippen LogP contribution is -2.13. The molecule has 3 aromatic rings. The highest BCUT2D eigenvalue weighted by Gasteiger charge is 2.11. The number of rotatable bonds is 6. The van der Waals surface area contributed by atoms with Gasteiger partial charge in [0.2, 0.25) is 11.0 Å². The van der Waals surface area contributed by atoms with E-state index in [-0.39, 0.29) is 11.7 Å². The van der Waals surface area contributed by atoms with Crippen molar-refractivity contribution in [1.82, 2.24) is 19.6 Å². The zero-order chi connectivity index (χ0) is 16.9. The third kappa shape index (κ3) is 4.37. The molecule has 3 rings (SSSR count). The first-order valence-corrected chi connectivity index (χ1v) is 9.87. The number of aromatic nitrogens is 4. The quantitative estimate of drug-likeness (QED) is 0.660. The van der Waals surface area contributed by atoms with Crippen LogP contribution in [0.3, 0.4) is 0 Å². The third-order valence-electron chi connectivity index (χ3n) is 3.03. The van der Waals surface area contributed by atoms with Gasteiger partial charge in [0, 0.05) is 5.56 Å². The molecule has 2 heterocycles. The summed E-state index contributed by atoms with van der Waals surface area (Å²) >= 11 is 4.07. The molecule has 2 aromatic heterocycles. The van der Waals surface area contributed by atoms with Crippen molar-refractivity contribution in [2.75, 3.05) is 11.1 Å². The molecule has 0 spiro atoms. The first-order valence-electron chi connectivity index (χ1n) is 7.30. The molecule has 9 heteroatoms. The number of carbonyl (C=O) groups is 1. The Balaban J connectivity index is 1.56. The Kier molecular flexibility index (Phi) is 5.54. The number of nitrogens with zero attached hydrogens (tertiary/aromatic N) is 4. The first-order chi connectivity index (χ1) is 11.6. The molecular formula is C15H15N5OS3. The maximum atomic E-state index is 12.0. The van der Waals surface area contributed by atoms with E-state index in [1.807, 2.05) is 38.1 Å². The van der Waals surface area contributed by atoms with E-state index in [1.165, 1.54) is 40.2 Å². The number of hydrogen-bond donors (Lipinski definition) is 1. The number of amides is 1. The largest absolute Gasteiger partial charge is 0.300 e. The monoisotopic (exact) mass is 377 g/mol. The summed E-state index contributed by atoms with van der Waals surface area (Å²) in [6.07, 6.45) is 0.814. The van der Waals surface area contributed by atoms with Crippen LogP contribution in [0.5, 0.6) is 0 Å². The standard InChI is InChI=1S/C15H15N5OS3/c1-3-12-18-19-14(23-12)16-11(21)8-22-15-17-13(20-24-15)10-6-4-5-9(2)7-10/h4-7H,3,8H2,1-2H3,(H,16,19,21). The smallest absolute Gasteiger partial charge is 0.236 e. The average molecular weight is 378 g/mol. The zero-order valence-electron chi connectivity index (χ0n) is 13.1. The van der Waals surface area contributed by atoms with Crippen molar-refractivity contribution < 1.29 is 4.79 Å². The SMILES string of the molecule is CCc1nnc(NC(=O)CSc2nc(-c3cccc(C)c3)ns2)s1. The maximum Gasteiger partial charge on any atom is 0.236 e. The Hall–Kier alpha value is -1.84. The van der Waals surface area contributed by atoms with Crippen molar-refractivity contribution in [3.63, 3.8) is 0 Å². The normalized spacial score (nSPS) is 10.8. The lowest BCUT2D eigenvalue weighted by atomic mass is 10.1. The first kappa shape index (κ1) is 17.0. The van der Waals surface area contributed by atoms with Gasteiger partial charge in [-0.1, -0.05) is 53.8 Å². The van der Waals surface area contributed by atoms with Gasteiger partial charge in [-0.25, -0.2) is 4.98 Å². The van der Waals surface area contributed by atoms with Crippen LogP contribution in [-0.4, -0.2) is 31.2 Å². The molecule has 0 aliphatic heterocycles. The topological polar surface area (TPSA) is 80.7 Å². The second kappa shape index (κ2) is 7.82. The fourth-order valence-corrected chi connectivity index (χ4v) is 4.01. The minimum absolute atomic E-state index is 0.119. The molecule has 0 saturated carbocycles. The van der Waals surface area contributed by atoms with E-state index in [1.54, 1.807) is 0 Å². The van der Waals surface area contributed by atoms with E-state index < -0.39 is 0 Å². The molecule has 6 nitrogen and oxygen atoms in total. The minimum Gasteiger partial charge on any atom is -0.300 e. The Bertz CT molecular complexity index is 845. The van der Waals surface area contributed by atoms with E-state index in [2.05, 4.69) is 24.9 Å². The van der Waals surface area contributed by atoms with Gasteiger partial charge in [0.1, 0.15) is 5.01 Å². The van der Waals surface area contributed by atoms with Crippen LogP contribution in [0.25, 0.3) is 11.4 Å². The summed E-state index contributed by atoms with van der Waals surface area (Å²) < 4.78 is 5.13. The second-order valence-electron chi connectivity index (χ2n) is 4.94. The maximum absolute atomic E-state index is 12.0. The molecule has 0 atom stereocenters. The number of aryl methyl sites for hydroxylation is 2. The Morgan fingerprint density at radius 2 is 2.21 bits per heavy atom. The van der Waals surface area contributed by atoms with E-state index >= 15 is 0 Å². The van der Waals surface area contributed by atoms with Crippen LogP contribution >= 0.6 is 34.6 Å². The number of benzene rings is 1. The fraction of sp³-hybridized carbons (Fsp3) is 0.267. The van der Waals surface area contributed by atoms with Crippen molar-refractivity contribution in [3.8, 4) is 11.4 Å². The van der Waals surface area contributed by atoms with Crippen LogP contribution in [0.15, 0.2) is 28.6 Å². The molecule has 24 heavy (non-hydrogen) atoms. The fourth-order valence-electron chi connectivity index (χ4n) is 1.90. The predicted octanol–water partition coefficient (Wildman–Crippen LogP) is 3.66. The highest BCUT2D eigenvalue weighted by Crippen LogP contribution is 2.26. The number of hydrogen-bond acceptors (Lipinski definition) is 8. The molecule has 0 bridgehead atoms. The van der Waals surface area contributed by atoms with Gasteiger partial charge in [0.25, 0.3) is 0 Å². The highest BCUT2D eigenvalue weighted by atomic mass is 32.2. The Morgan fingerprint density at radius 3 is 2.96 bits per heavy atom. The van der Waals surface area contributed by atoms with Crippen molar-refractivity contribution in [2.24, 2.45) is 0 Å². The summed E-state index contributed by atoms with van der Waals surface area (Å²) in [7, 11) is 0. The molecule has 0 unspecified atom stereocenters. The van der Waals surface area contributed by atoms with Crippen LogP contribution in [0.2, 0.25) is 0 Å². The van der Waals surface area contributed by atoms with Gasteiger partial charge >= 0.3 is 0 Å². The van der Waals surface area contributed by atoms with E-state index in [9.17, 15) is 4.79 Å². The van der Waals surface area contributed by atoms with Crippen LogP contribution in [0.1, 0.15) is 17.5 Å². The van der Waals surface area contributed by atoms with E-state index in [0.717, 1.165) is 21.3 Å². The summed E-state index contributed by atoms with van der Waals surface area (Å²) in [5, 5.41) is 12.1. The van der Waals surface area contributed by atoms with Gasteiger partial charge in [0.05, 0.1) is 5.75 Å². The number of carbonyl (C=O) groups excluding carboxylic acids is 1. The molecule has 124 valence electrons. The van der Waals surface area contributed by atoms with Gasteiger partial charge < -0.3 is 0 Å². The Morgan fingerprint density at radius 1 is 1.33 bits per heavy atom. The summed E-state index contributed by atoms with van der Waals surface area (Å²) in [4.78, 5) is 16.5. The predicted molar refractivity (Wildman–Crippen MR) is 98.7 cm³/mol. The van der Waals surface area contributed by atoms with Crippen molar-refractivity contribution in [3.05, 3.63) is 34.8 Å². The van der Waals surface area contributed by atoms with Crippen LogP contribution in [0, 0.1) is 6.92 Å². The number of nitrogens with one attached hydrogen (secondary N) is 1. The molecule has 1 aromatic carbocycles. The summed E-state index contributed by atoms with van der Waals surface area (Å²) in [6, 6.07) is 8.05. The third-order valence-corrected chi connectivity index (χ3v) is 5.84. The number of anilines is 1. The number of thioether (sulfide) groups is 1. The van der Waals surface area contributed by atoms with Crippen LogP contribution < -0.4 is 5.32 Å². The van der Waals surface area contributed by atoms with Gasteiger partial charge in [-0.3, -0.25) is 10.1 Å². The molecule has 0 aliphatic carbocycles. The van der Waals surface area contributed by atoms with Crippen molar-refractivity contribution in [1.29, 1.82) is 0 Å². The minimum atomic E-state index is -0.119. The molecule has 1 N–H and O–H groups in total. The summed E-state index contributed by atoms with van der Waals surface area (Å²) in [6.45, 7) is 4.04. The average Bonchev–Trinajstić information content (AvgIpc) is 3.22. The molecule has 0 fully saturated rings. The van der Waals surface area contributed by atoms with Crippen molar-refractivity contribution in [2.45, 2.75) is 24.6 Å². The van der Waals surface area contributed by atoms with Crippen LogP contribution in [0.4, 0.5) is 5.13 Å². The summed E-state index contributed by atoms with van der Waals surface area (Å²) in [5.74, 6) is 0.846. The lowest BCUT2D eigenvalue weighted by molar-refractivity contribution is -0.113. The highest BCUT2D eigenvalue weighted by molar-refractivity contribution is 8.01. The van der Waals surface area contributed by atoms with Crippen molar-refractivity contribution >= 4 is 45.7 Å². The van der Waals surface area contributed by atoms with Crippen LogP contribution in [-0.2, 0) is 11.2 Å². The molecular weight excluding hydrogens is 362 g/mol. The molecule has 0 saturated heterocycles. The second-order valence-corrected chi connectivity index (χ2v) is 7.98. The lowest BCUT2D eigenvalue weighted by Gasteiger charge is -1.98. The molecule has 1 amide bonds. The molecule has 0 radical (unpaired) electrons. The van der Waals surface area contributed by atoms with E-state index in [0.29, 0.717) is 11.0 Å². The molecule has 0 aliphatic rings. The van der Waals surface area contributed by atoms with Gasteiger partial charge in [0.15, 0.2) is 10.2 Å². The summed E-state index contributed by atoms with van der Waals surface area (Å²) in [5.41, 5.74) is 2.16. The zero-order valence-corrected chi connectivity index (χ0v) is 15.6. The van der Waals surface area contributed by atoms with E-state index in [4.69, 9.17) is 0 Å².